The minimum Gasteiger partial charge on any atom is -0.170 e. The summed E-state index contributed by atoms with van der Waals surface area (Å²) in [5.74, 6) is -1.52. The van der Waals surface area contributed by atoms with Crippen molar-refractivity contribution in [2.45, 2.75) is 17.8 Å². The van der Waals surface area contributed by atoms with Gasteiger partial charge in [-0.15, -0.1) is 0 Å². The molecule has 0 bridgehead atoms. The van der Waals surface area contributed by atoms with Crippen LogP contribution in [0.25, 0.3) is 6.08 Å². The van der Waals surface area contributed by atoms with Crippen LogP contribution in [0.3, 0.4) is 0 Å². The van der Waals surface area contributed by atoms with Gasteiger partial charge in [-0.2, -0.15) is 13.2 Å². The van der Waals surface area contributed by atoms with E-state index >= 15 is 0 Å². The van der Waals surface area contributed by atoms with Gasteiger partial charge in [0.05, 0.1) is 11.1 Å². The molecule has 0 spiro atoms. The lowest BCUT2D eigenvalue weighted by atomic mass is 9.75. The molecule has 1 saturated heterocycles. The molecule has 35 heavy (non-hydrogen) atoms. The van der Waals surface area contributed by atoms with E-state index in [0.29, 0.717) is 11.7 Å². The molecule has 0 radical (unpaired) electrons. The molecule has 4 aromatic carbocycles. The van der Waals surface area contributed by atoms with Crippen LogP contribution in [0.5, 0.6) is 0 Å². The quantitative estimate of drug-likeness (QED) is 0.254. The zero-order valence-electron chi connectivity index (χ0n) is 19.2. The van der Waals surface area contributed by atoms with E-state index in [1.807, 2.05) is 115 Å². The third-order valence-electron chi connectivity index (χ3n) is 6.81. The molecule has 0 aliphatic carbocycles. The summed E-state index contributed by atoms with van der Waals surface area (Å²) in [6, 6.07) is 39.2. The highest BCUT2D eigenvalue weighted by molar-refractivity contribution is 7.67. The van der Waals surface area contributed by atoms with Crippen LogP contribution >= 0.6 is 7.92 Å². The Hall–Kier alpha value is -3.16. The molecular formula is C31H26F3P. The zero-order chi connectivity index (χ0) is 24.3. The maximum Gasteiger partial charge on any atom is 0.395 e. The van der Waals surface area contributed by atoms with Crippen LogP contribution in [0.4, 0.5) is 13.2 Å². The molecule has 176 valence electrons. The van der Waals surface area contributed by atoms with Crippen molar-refractivity contribution in [1.29, 1.82) is 0 Å². The van der Waals surface area contributed by atoms with E-state index in [9.17, 15) is 13.2 Å². The van der Waals surface area contributed by atoms with Crippen LogP contribution in [0.15, 0.2) is 127 Å². The average Bonchev–Trinajstić information content (AvgIpc) is 2.90. The molecule has 0 N–H and O–H groups in total. The van der Waals surface area contributed by atoms with Crippen molar-refractivity contribution in [1.82, 2.24) is 0 Å². The average molecular weight is 487 g/mol. The number of hydrogen-bond donors (Lipinski definition) is 0. The highest BCUT2D eigenvalue weighted by atomic mass is 31.1. The van der Waals surface area contributed by atoms with Crippen LogP contribution in [0.1, 0.15) is 23.1 Å². The van der Waals surface area contributed by atoms with Crippen molar-refractivity contribution in [3.05, 3.63) is 144 Å². The lowest BCUT2D eigenvalue weighted by molar-refractivity contribution is -0.166. The fourth-order valence-electron chi connectivity index (χ4n) is 5.36. The summed E-state index contributed by atoms with van der Waals surface area (Å²) in [4.78, 5) is 0. The van der Waals surface area contributed by atoms with Gasteiger partial charge in [0.1, 0.15) is 0 Å². The van der Waals surface area contributed by atoms with Gasteiger partial charge < -0.3 is 0 Å². The van der Waals surface area contributed by atoms with E-state index in [0.717, 1.165) is 22.0 Å². The first-order valence-corrected chi connectivity index (χ1v) is 13.3. The Kier molecular flexibility index (Phi) is 6.62. The molecule has 2 unspecified atom stereocenters. The first kappa shape index (κ1) is 23.6. The Labute approximate surface area is 205 Å². The molecule has 0 nitrogen and oxygen atoms in total. The van der Waals surface area contributed by atoms with Gasteiger partial charge in [-0.25, -0.2) is 0 Å². The Morgan fingerprint density at radius 2 is 1.11 bits per heavy atom. The van der Waals surface area contributed by atoms with Crippen molar-refractivity contribution in [3.63, 3.8) is 0 Å². The fraction of sp³-hybridized carbons (Fsp3) is 0.161. The Bertz CT molecular complexity index is 1230. The van der Waals surface area contributed by atoms with Gasteiger partial charge in [-0.05, 0) is 40.2 Å². The van der Waals surface area contributed by atoms with Crippen LogP contribution in [0, 0.1) is 5.92 Å². The first-order valence-electron chi connectivity index (χ1n) is 11.8. The highest BCUT2D eigenvalue weighted by Crippen LogP contribution is 2.69. The number of benzene rings is 4. The molecule has 5 rings (SSSR count). The second-order valence-corrected chi connectivity index (χ2v) is 11.3. The van der Waals surface area contributed by atoms with Crippen LogP contribution < -0.4 is 5.30 Å². The van der Waals surface area contributed by atoms with E-state index in [2.05, 4.69) is 12.1 Å². The normalized spacial score (nSPS) is 21.1. The molecule has 1 aliphatic heterocycles. The summed E-state index contributed by atoms with van der Waals surface area (Å²) < 4.78 is 44.3. The standard InChI is InChI=1S/C31H26F3P/c32-31(33,34)28-21-22-35(27-19-11-4-12-20-27)30(25-15-7-2-8-16-25,26-17-9-3-10-18-26)29(28)23-24-13-5-1-6-14-24/h1-20,23,28H,21-22H2. The van der Waals surface area contributed by atoms with Gasteiger partial charge in [0.15, 0.2) is 0 Å². The van der Waals surface area contributed by atoms with E-state index in [1.165, 1.54) is 0 Å². The maximum absolute atomic E-state index is 14.8. The predicted octanol–water partition coefficient (Wildman–Crippen LogP) is 8.40. The monoisotopic (exact) mass is 486 g/mol. The number of halogens is 3. The third kappa shape index (κ3) is 4.46. The Balaban J connectivity index is 1.90. The second-order valence-electron chi connectivity index (χ2n) is 8.82. The summed E-state index contributed by atoms with van der Waals surface area (Å²) >= 11 is 0. The summed E-state index contributed by atoms with van der Waals surface area (Å²) in [5.41, 5.74) is 3.06. The number of allylic oxidation sites excluding steroid dienone is 1. The number of alkyl halides is 3. The van der Waals surface area contributed by atoms with Crippen molar-refractivity contribution < 1.29 is 13.2 Å². The lowest BCUT2D eigenvalue weighted by Gasteiger charge is -2.51. The molecular weight excluding hydrogens is 460 g/mol. The smallest absolute Gasteiger partial charge is 0.170 e. The molecule has 4 aromatic rings. The van der Waals surface area contributed by atoms with Gasteiger partial charge >= 0.3 is 6.18 Å². The van der Waals surface area contributed by atoms with E-state index in [1.54, 1.807) is 0 Å². The summed E-state index contributed by atoms with van der Waals surface area (Å²) in [6.07, 6.45) is -1.94. The van der Waals surface area contributed by atoms with E-state index in [-0.39, 0.29) is 6.42 Å². The summed E-state index contributed by atoms with van der Waals surface area (Å²) in [7, 11) is -1.04. The highest BCUT2D eigenvalue weighted by Gasteiger charge is 2.57. The van der Waals surface area contributed by atoms with Crippen LogP contribution in [-0.2, 0) is 5.16 Å². The molecule has 0 saturated carbocycles. The van der Waals surface area contributed by atoms with E-state index in [4.69, 9.17) is 0 Å². The van der Waals surface area contributed by atoms with Gasteiger partial charge in [0.25, 0.3) is 0 Å². The lowest BCUT2D eigenvalue weighted by Crippen LogP contribution is -2.44. The van der Waals surface area contributed by atoms with Gasteiger partial charge in [-0.1, -0.05) is 135 Å². The third-order valence-corrected chi connectivity index (χ3v) is 10.0. The molecule has 1 heterocycles. The van der Waals surface area contributed by atoms with Crippen molar-refractivity contribution in [2.24, 2.45) is 5.92 Å². The van der Waals surface area contributed by atoms with Crippen LogP contribution in [0.2, 0.25) is 0 Å². The predicted molar refractivity (Wildman–Crippen MR) is 140 cm³/mol. The van der Waals surface area contributed by atoms with Crippen molar-refractivity contribution in [3.8, 4) is 0 Å². The van der Waals surface area contributed by atoms with E-state index < -0.39 is 25.2 Å². The molecule has 1 aliphatic rings. The molecule has 2 atom stereocenters. The summed E-state index contributed by atoms with van der Waals surface area (Å²) in [6.45, 7) is 0. The Morgan fingerprint density at radius 1 is 0.657 bits per heavy atom. The molecule has 0 amide bonds. The fourth-order valence-corrected chi connectivity index (χ4v) is 8.85. The van der Waals surface area contributed by atoms with Crippen molar-refractivity contribution >= 4 is 19.3 Å². The largest absolute Gasteiger partial charge is 0.395 e. The molecule has 1 fully saturated rings. The minimum atomic E-state index is -4.34. The first-order chi connectivity index (χ1) is 17.0. The molecule has 0 aromatic heterocycles. The summed E-state index contributed by atoms with van der Waals surface area (Å²) in [5, 5.41) is 0.211. The van der Waals surface area contributed by atoms with Crippen molar-refractivity contribution in [2.75, 3.05) is 6.16 Å². The maximum atomic E-state index is 14.8. The van der Waals surface area contributed by atoms with Gasteiger partial charge in [-0.3, -0.25) is 0 Å². The van der Waals surface area contributed by atoms with Gasteiger partial charge in [0.2, 0.25) is 0 Å². The molecule has 4 heteroatoms. The number of rotatable bonds is 4. The zero-order valence-corrected chi connectivity index (χ0v) is 20.1. The number of hydrogen-bond acceptors (Lipinski definition) is 0. The SMILES string of the molecule is FC(F)(F)C1CCP(c2ccccc2)C(c2ccccc2)(c2ccccc2)C1=Cc1ccccc1. The topological polar surface area (TPSA) is 0 Å². The minimum absolute atomic E-state index is 0.0875. The van der Waals surface area contributed by atoms with Gasteiger partial charge in [0, 0.05) is 0 Å². The second kappa shape index (κ2) is 9.84. The Morgan fingerprint density at radius 3 is 1.60 bits per heavy atom. The van der Waals surface area contributed by atoms with Crippen LogP contribution in [-0.4, -0.2) is 12.3 Å².